The largest absolute Gasteiger partial charge is 0.496 e. The van der Waals surface area contributed by atoms with E-state index in [1.807, 2.05) is 13.0 Å². The van der Waals surface area contributed by atoms with Crippen LogP contribution in [0.25, 0.3) is 11.3 Å². The van der Waals surface area contributed by atoms with Crippen molar-refractivity contribution in [3.63, 3.8) is 0 Å². The molecule has 2 aliphatic rings. The van der Waals surface area contributed by atoms with Crippen LogP contribution in [0.5, 0.6) is 11.5 Å². The third-order valence-electron chi connectivity index (χ3n) is 6.76. The van der Waals surface area contributed by atoms with Gasteiger partial charge < -0.3 is 24.6 Å². The molecule has 1 saturated heterocycles. The molecule has 1 saturated carbocycles. The van der Waals surface area contributed by atoms with Crippen molar-refractivity contribution in [2.24, 2.45) is 11.8 Å². The molecule has 1 aromatic carbocycles. The second kappa shape index (κ2) is 8.91. The first kappa shape index (κ1) is 21.7. The van der Waals surface area contributed by atoms with Gasteiger partial charge in [-0.3, -0.25) is 4.79 Å². The van der Waals surface area contributed by atoms with E-state index in [4.69, 9.17) is 14.0 Å². The maximum absolute atomic E-state index is 12.8. The molecular weight excluding hydrogens is 394 g/mol. The molecule has 2 heterocycles. The van der Waals surface area contributed by atoms with Crippen molar-refractivity contribution < 1.29 is 18.8 Å². The molecule has 1 amide bonds. The molecule has 2 atom stereocenters. The van der Waals surface area contributed by atoms with Crippen LogP contribution in [0, 0.1) is 11.8 Å². The Bertz CT molecular complexity index is 941. The minimum absolute atomic E-state index is 0.181. The maximum Gasteiger partial charge on any atom is 0.273 e. The van der Waals surface area contributed by atoms with Gasteiger partial charge in [-0.2, -0.15) is 0 Å². The number of rotatable bonds is 7. The number of hydrogen-bond acceptors (Lipinski definition) is 6. The van der Waals surface area contributed by atoms with E-state index in [-0.39, 0.29) is 17.7 Å². The minimum Gasteiger partial charge on any atom is -0.496 e. The first-order valence-electron chi connectivity index (χ1n) is 11.2. The summed E-state index contributed by atoms with van der Waals surface area (Å²) in [5.74, 6) is 3.66. The van der Waals surface area contributed by atoms with E-state index in [9.17, 15) is 4.79 Å². The van der Waals surface area contributed by atoms with Crippen LogP contribution in [0.2, 0.25) is 0 Å². The number of benzene rings is 1. The molecular formula is C24H33N3O4. The molecule has 31 heavy (non-hydrogen) atoms. The second-order valence-electron chi connectivity index (χ2n) is 8.93. The molecule has 2 N–H and O–H groups in total. The quantitative estimate of drug-likeness (QED) is 0.696. The van der Waals surface area contributed by atoms with Gasteiger partial charge in [0.2, 0.25) is 0 Å². The minimum atomic E-state index is -0.181. The Labute approximate surface area is 183 Å². The molecule has 2 fully saturated rings. The van der Waals surface area contributed by atoms with Gasteiger partial charge in [0.05, 0.1) is 19.8 Å². The van der Waals surface area contributed by atoms with Gasteiger partial charge in [-0.15, -0.1) is 0 Å². The molecule has 2 aromatic rings. The number of methoxy groups -OCH3 is 2. The van der Waals surface area contributed by atoms with Crippen LogP contribution in [0.3, 0.4) is 0 Å². The van der Waals surface area contributed by atoms with Gasteiger partial charge in [0.15, 0.2) is 11.5 Å². The van der Waals surface area contributed by atoms with Crippen LogP contribution in [-0.2, 0) is 0 Å². The molecule has 7 heteroatoms. The number of nitrogens with zero attached hydrogens (tertiary/aromatic N) is 1. The van der Waals surface area contributed by atoms with E-state index in [0.29, 0.717) is 35.6 Å². The highest BCUT2D eigenvalue weighted by atomic mass is 16.5. The van der Waals surface area contributed by atoms with Crippen molar-refractivity contribution in [2.75, 3.05) is 33.9 Å². The first-order valence-corrected chi connectivity index (χ1v) is 11.2. The van der Waals surface area contributed by atoms with Gasteiger partial charge in [-0.05, 0) is 68.2 Å². The average Bonchev–Trinajstić information content (AvgIpc) is 3.46. The average molecular weight is 428 g/mol. The summed E-state index contributed by atoms with van der Waals surface area (Å²) in [5.41, 5.74) is 3.20. The summed E-state index contributed by atoms with van der Waals surface area (Å²) >= 11 is 0. The van der Waals surface area contributed by atoms with Gasteiger partial charge in [0, 0.05) is 18.2 Å². The Kier molecular flexibility index (Phi) is 6.23. The number of aromatic nitrogens is 1. The molecule has 4 rings (SSSR count). The number of fused-ring (bicyclic) bond motifs is 1. The molecule has 0 bridgehead atoms. The van der Waals surface area contributed by atoms with E-state index in [0.717, 1.165) is 48.4 Å². The van der Waals surface area contributed by atoms with Crippen molar-refractivity contribution in [1.82, 2.24) is 15.8 Å². The van der Waals surface area contributed by atoms with Gasteiger partial charge >= 0.3 is 0 Å². The summed E-state index contributed by atoms with van der Waals surface area (Å²) in [5, 5.41) is 10.6. The van der Waals surface area contributed by atoms with Crippen molar-refractivity contribution >= 4 is 5.91 Å². The second-order valence-corrected chi connectivity index (χ2v) is 8.93. The van der Waals surface area contributed by atoms with Crippen molar-refractivity contribution in [3.8, 4) is 22.8 Å². The Balaban J connectivity index is 1.85. The standard InChI is InChI=1S/C24H33N3O4/c1-6-26-24(28)22-21(14-7-15-11-25-12-16(15)8-14)23(31-27-22)18-9-17(13(2)3)19(29-4)10-20(18)30-5/h9-10,13-16,25H,6-8,11-12H2,1-5H3,(H,26,28). The lowest BCUT2D eigenvalue weighted by Gasteiger charge is -2.18. The number of amides is 1. The van der Waals surface area contributed by atoms with E-state index in [1.54, 1.807) is 14.2 Å². The zero-order chi connectivity index (χ0) is 22.1. The predicted molar refractivity (Wildman–Crippen MR) is 119 cm³/mol. The highest BCUT2D eigenvalue weighted by Crippen LogP contribution is 2.49. The monoisotopic (exact) mass is 427 g/mol. The van der Waals surface area contributed by atoms with Crippen LogP contribution in [0.4, 0.5) is 0 Å². The fourth-order valence-electron chi connectivity index (χ4n) is 5.23. The van der Waals surface area contributed by atoms with Crippen molar-refractivity contribution in [1.29, 1.82) is 0 Å². The molecule has 168 valence electrons. The van der Waals surface area contributed by atoms with E-state index in [1.165, 1.54) is 0 Å². The number of nitrogens with one attached hydrogen (secondary N) is 2. The lowest BCUT2D eigenvalue weighted by molar-refractivity contribution is 0.0945. The van der Waals surface area contributed by atoms with Gasteiger partial charge in [0.1, 0.15) is 11.5 Å². The van der Waals surface area contributed by atoms with Crippen LogP contribution in [0.1, 0.15) is 67.1 Å². The lowest BCUT2D eigenvalue weighted by atomic mass is 9.89. The smallest absolute Gasteiger partial charge is 0.273 e. The normalized spacial score (nSPS) is 22.6. The number of hydrogen-bond donors (Lipinski definition) is 2. The third kappa shape index (κ3) is 3.91. The zero-order valence-corrected chi connectivity index (χ0v) is 19.1. The number of carbonyl (C=O) groups excluding carboxylic acids is 1. The molecule has 2 unspecified atom stereocenters. The Morgan fingerprint density at radius 1 is 1.19 bits per heavy atom. The highest BCUT2D eigenvalue weighted by Gasteiger charge is 2.42. The van der Waals surface area contributed by atoms with Gasteiger partial charge in [0.25, 0.3) is 5.91 Å². The molecule has 0 radical (unpaired) electrons. The molecule has 1 aromatic heterocycles. The van der Waals surface area contributed by atoms with Crippen LogP contribution >= 0.6 is 0 Å². The predicted octanol–water partition coefficient (Wildman–Crippen LogP) is 3.94. The first-order chi connectivity index (χ1) is 15.0. The number of carbonyl (C=O) groups is 1. The number of ether oxygens (including phenoxy) is 2. The van der Waals surface area contributed by atoms with E-state index < -0.39 is 0 Å². The van der Waals surface area contributed by atoms with E-state index in [2.05, 4.69) is 35.7 Å². The molecule has 7 nitrogen and oxygen atoms in total. The van der Waals surface area contributed by atoms with E-state index >= 15 is 0 Å². The summed E-state index contributed by atoms with van der Waals surface area (Å²) in [6.07, 6.45) is 2.07. The molecule has 1 aliphatic heterocycles. The van der Waals surface area contributed by atoms with Crippen molar-refractivity contribution in [2.45, 2.75) is 45.4 Å². The summed E-state index contributed by atoms with van der Waals surface area (Å²) < 4.78 is 17.2. The highest BCUT2D eigenvalue weighted by molar-refractivity contribution is 5.95. The Hall–Kier alpha value is -2.54. The SMILES string of the molecule is CCNC(=O)c1noc(-c2cc(C(C)C)c(OC)cc2OC)c1C1CC2CNCC2C1. The zero-order valence-electron chi connectivity index (χ0n) is 19.1. The molecule has 0 spiro atoms. The summed E-state index contributed by atoms with van der Waals surface area (Å²) in [6, 6.07) is 3.96. The topological polar surface area (TPSA) is 85.6 Å². The van der Waals surface area contributed by atoms with Gasteiger partial charge in [-0.1, -0.05) is 19.0 Å². The van der Waals surface area contributed by atoms with Gasteiger partial charge in [-0.25, -0.2) is 0 Å². The van der Waals surface area contributed by atoms with Crippen molar-refractivity contribution in [3.05, 3.63) is 29.0 Å². The summed E-state index contributed by atoms with van der Waals surface area (Å²) in [4.78, 5) is 12.8. The van der Waals surface area contributed by atoms with Crippen LogP contribution in [0.15, 0.2) is 16.7 Å². The fraction of sp³-hybridized carbons (Fsp3) is 0.583. The van der Waals surface area contributed by atoms with Crippen LogP contribution < -0.4 is 20.1 Å². The van der Waals surface area contributed by atoms with Crippen LogP contribution in [-0.4, -0.2) is 44.9 Å². The fourth-order valence-corrected chi connectivity index (χ4v) is 5.23. The Morgan fingerprint density at radius 2 is 1.87 bits per heavy atom. The third-order valence-corrected chi connectivity index (χ3v) is 6.76. The maximum atomic E-state index is 12.8. The summed E-state index contributed by atoms with van der Waals surface area (Å²) in [6.45, 7) is 8.79. The molecule has 1 aliphatic carbocycles. The summed E-state index contributed by atoms with van der Waals surface area (Å²) in [7, 11) is 3.30. The Morgan fingerprint density at radius 3 is 2.45 bits per heavy atom. The lowest BCUT2D eigenvalue weighted by Crippen LogP contribution is -2.24.